The number of amides is 1. The zero-order chi connectivity index (χ0) is 19.6. The van der Waals surface area contributed by atoms with Crippen LogP contribution in [0.2, 0.25) is 0 Å². The number of carbonyl (C=O) groups is 1. The van der Waals surface area contributed by atoms with Crippen LogP contribution in [0.15, 0.2) is 16.3 Å². The first-order chi connectivity index (χ1) is 12.8. The molecule has 8 heteroatoms. The molecule has 1 amide bonds. The molecular weight excluding hydrogens is 382 g/mol. The SMILES string of the molecule is Cc1ccc(S(=O)(=O)N2CCCC2C(=O)NCCN2CC(C)CC(C)C2)s1. The van der Waals surface area contributed by atoms with Crippen LogP contribution in [0.3, 0.4) is 0 Å². The van der Waals surface area contributed by atoms with E-state index < -0.39 is 16.1 Å². The fourth-order valence-electron chi connectivity index (χ4n) is 4.39. The summed E-state index contributed by atoms with van der Waals surface area (Å²) < 4.78 is 27.5. The summed E-state index contributed by atoms with van der Waals surface area (Å²) in [6, 6.07) is 2.86. The summed E-state index contributed by atoms with van der Waals surface area (Å²) >= 11 is 1.26. The van der Waals surface area contributed by atoms with Crippen LogP contribution in [-0.2, 0) is 14.8 Å². The van der Waals surface area contributed by atoms with Crippen molar-refractivity contribution in [3.63, 3.8) is 0 Å². The van der Waals surface area contributed by atoms with Crippen LogP contribution in [0, 0.1) is 18.8 Å². The van der Waals surface area contributed by atoms with Gasteiger partial charge in [0.15, 0.2) is 0 Å². The Kier molecular flexibility index (Phi) is 6.61. The van der Waals surface area contributed by atoms with E-state index in [1.54, 1.807) is 6.07 Å². The minimum Gasteiger partial charge on any atom is -0.353 e. The van der Waals surface area contributed by atoms with Crippen molar-refractivity contribution in [2.45, 2.75) is 50.3 Å². The van der Waals surface area contributed by atoms with E-state index in [4.69, 9.17) is 0 Å². The van der Waals surface area contributed by atoms with E-state index in [1.165, 1.54) is 22.1 Å². The number of aryl methyl sites for hydroxylation is 1. The first-order valence-corrected chi connectivity index (χ1v) is 12.1. The van der Waals surface area contributed by atoms with Crippen LogP contribution in [0.1, 0.15) is 38.0 Å². The van der Waals surface area contributed by atoms with Crippen molar-refractivity contribution in [2.24, 2.45) is 11.8 Å². The van der Waals surface area contributed by atoms with Gasteiger partial charge in [-0.2, -0.15) is 4.31 Å². The Labute approximate surface area is 167 Å². The summed E-state index contributed by atoms with van der Waals surface area (Å²) in [6.45, 7) is 10.4. The predicted octanol–water partition coefficient (Wildman–Crippen LogP) is 2.30. The van der Waals surface area contributed by atoms with Gasteiger partial charge in [0.05, 0.1) is 0 Å². The first kappa shape index (κ1) is 20.8. The highest BCUT2D eigenvalue weighted by Crippen LogP contribution is 2.30. The smallest absolute Gasteiger partial charge is 0.253 e. The molecule has 1 aromatic rings. The average molecular weight is 414 g/mol. The van der Waals surface area contributed by atoms with Crippen LogP contribution in [0.4, 0.5) is 0 Å². The molecular formula is C19H31N3O3S2. The Hall–Kier alpha value is -0.960. The van der Waals surface area contributed by atoms with Gasteiger partial charge in [-0.25, -0.2) is 8.42 Å². The number of likely N-dealkylation sites (tertiary alicyclic amines) is 1. The second-order valence-electron chi connectivity index (χ2n) is 8.14. The molecule has 0 aliphatic carbocycles. The molecule has 2 aliphatic rings. The molecule has 0 saturated carbocycles. The second-order valence-corrected chi connectivity index (χ2v) is 11.5. The number of piperidine rings is 1. The molecule has 3 rings (SSSR count). The average Bonchev–Trinajstić information content (AvgIpc) is 3.23. The van der Waals surface area contributed by atoms with E-state index in [-0.39, 0.29) is 5.91 Å². The molecule has 2 fully saturated rings. The molecule has 2 aliphatic heterocycles. The van der Waals surface area contributed by atoms with Gasteiger partial charge in [-0.15, -0.1) is 11.3 Å². The largest absolute Gasteiger partial charge is 0.353 e. The third kappa shape index (κ3) is 4.91. The van der Waals surface area contributed by atoms with E-state index >= 15 is 0 Å². The van der Waals surface area contributed by atoms with Gasteiger partial charge in [-0.3, -0.25) is 4.79 Å². The number of thiophene rings is 1. The third-order valence-electron chi connectivity index (χ3n) is 5.46. The van der Waals surface area contributed by atoms with Gasteiger partial charge >= 0.3 is 0 Å². The Balaban J connectivity index is 1.56. The quantitative estimate of drug-likeness (QED) is 0.777. The van der Waals surface area contributed by atoms with E-state index in [0.717, 1.165) is 30.9 Å². The lowest BCUT2D eigenvalue weighted by Gasteiger charge is -2.35. The van der Waals surface area contributed by atoms with Gasteiger partial charge in [0.1, 0.15) is 10.3 Å². The standard InChI is InChI=1S/C19H31N3O3S2/c1-14-11-15(2)13-21(12-14)10-8-20-19(23)17-5-4-9-22(17)27(24,25)18-7-6-16(3)26-18/h6-7,14-15,17H,4-5,8-13H2,1-3H3,(H,20,23). The van der Waals surface area contributed by atoms with Gasteiger partial charge in [0.2, 0.25) is 5.91 Å². The molecule has 6 nitrogen and oxygen atoms in total. The van der Waals surface area contributed by atoms with Crippen molar-refractivity contribution >= 4 is 27.3 Å². The van der Waals surface area contributed by atoms with Crippen LogP contribution in [0.25, 0.3) is 0 Å². The molecule has 1 aromatic heterocycles. The van der Waals surface area contributed by atoms with Crippen molar-refractivity contribution < 1.29 is 13.2 Å². The number of sulfonamides is 1. The minimum atomic E-state index is -3.59. The second kappa shape index (κ2) is 8.59. The highest BCUT2D eigenvalue weighted by Gasteiger charge is 2.39. The van der Waals surface area contributed by atoms with E-state index in [9.17, 15) is 13.2 Å². The van der Waals surface area contributed by atoms with Gasteiger partial charge in [0.25, 0.3) is 10.0 Å². The van der Waals surface area contributed by atoms with E-state index in [0.29, 0.717) is 35.6 Å². The highest BCUT2D eigenvalue weighted by molar-refractivity contribution is 7.91. The van der Waals surface area contributed by atoms with Gasteiger partial charge in [-0.05, 0) is 50.2 Å². The molecule has 27 heavy (non-hydrogen) atoms. The molecule has 0 spiro atoms. The fourth-order valence-corrected chi connectivity index (χ4v) is 7.45. The van der Waals surface area contributed by atoms with Crippen molar-refractivity contribution in [3.05, 3.63) is 17.0 Å². The normalized spacial score (nSPS) is 27.7. The van der Waals surface area contributed by atoms with E-state index in [2.05, 4.69) is 24.1 Å². The number of rotatable bonds is 6. The lowest BCUT2D eigenvalue weighted by Crippen LogP contribution is -2.48. The zero-order valence-electron chi connectivity index (χ0n) is 16.5. The van der Waals surface area contributed by atoms with Crippen LogP contribution in [-0.4, -0.2) is 62.3 Å². The van der Waals surface area contributed by atoms with Gasteiger partial charge < -0.3 is 10.2 Å². The molecule has 152 valence electrons. The lowest BCUT2D eigenvalue weighted by molar-refractivity contribution is -0.124. The molecule has 2 saturated heterocycles. The maximum Gasteiger partial charge on any atom is 0.253 e. The zero-order valence-corrected chi connectivity index (χ0v) is 18.1. The fraction of sp³-hybridized carbons (Fsp3) is 0.737. The van der Waals surface area contributed by atoms with Gasteiger partial charge in [0, 0.05) is 37.6 Å². The summed E-state index contributed by atoms with van der Waals surface area (Å²) in [4.78, 5) is 16.0. The summed E-state index contributed by atoms with van der Waals surface area (Å²) in [7, 11) is -3.59. The third-order valence-corrected chi connectivity index (χ3v) is 8.83. The topological polar surface area (TPSA) is 69.7 Å². The van der Waals surface area contributed by atoms with Crippen LogP contribution < -0.4 is 5.32 Å². The lowest BCUT2D eigenvalue weighted by atomic mass is 9.92. The van der Waals surface area contributed by atoms with Crippen LogP contribution in [0.5, 0.6) is 0 Å². The number of carbonyl (C=O) groups excluding carboxylic acids is 1. The maximum atomic E-state index is 12.9. The van der Waals surface area contributed by atoms with Gasteiger partial charge in [-0.1, -0.05) is 13.8 Å². The summed E-state index contributed by atoms with van der Waals surface area (Å²) in [5.74, 6) is 1.21. The molecule has 3 atom stereocenters. The van der Waals surface area contributed by atoms with Crippen molar-refractivity contribution in [1.29, 1.82) is 0 Å². The van der Waals surface area contributed by atoms with E-state index in [1.807, 2.05) is 13.0 Å². The number of hydrogen-bond donors (Lipinski definition) is 1. The molecule has 1 N–H and O–H groups in total. The van der Waals surface area contributed by atoms with Crippen molar-refractivity contribution in [1.82, 2.24) is 14.5 Å². The monoisotopic (exact) mass is 413 g/mol. The predicted molar refractivity (Wildman–Crippen MR) is 108 cm³/mol. The number of nitrogens with one attached hydrogen (secondary N) is 1. The maximum absolute atomic E-state index is 12.9. The Morgan fingerprint density at radius 2 is 1.96 bits per heavy atom. The van der Waals surface area contributed by atoms with Crippen molar-refractivity contribution in [2.75, 3.05) is 32.7 Å². The number of hydrogen-bond acceptors (Lipinski definition) is 5. The first-order valence-electron chi connectivity index (χ1n) is 9.85. The highest BCUT2D eigenvalue weighted by atomic mass is 32.2. The molecule has 0 aromatic carbocycles. The number of nitrogens with zero attached hydrogens (tertiary/aromatic N) is 2. The summed E-state index contributed by atoms with van der Waals surface area (Å²) in [5.41, 5.74) is 0. The summed E-state index contributed by atoms with van der Waals surface area (Å²) in [6.07, 6.45) is 2.58. The molecule has 3 heterocycles. The summed E-state index contributed by atoms with van der Waals surface area (Å²) in [5, 5.41) is 2.98. The Bertz CT molecular complexity index is 752. The minimum absolute atomic E-state index is 0.164. The van der Waals surface area contributed by atoms with Crippen molar-refractivity contribution in [3.8, 4) is 0 Å². The Morgan fingerprint density at radius 1 is 1.26 bits per heavy atom. The molecule has 3 unspecified atom stereocenters. The Morgan fingerprint density at radius 3 is 2.59 bits per heavy atom. The molecule has 0 radical (unpaired) electrons. The van der Waals surface area contributed by atoms with Crippen LogP contribution >= 0.6 is 11.3 Å². The molecule has 0 bridgehead atoms.